The molecule has 1 saturated carbocycles. The number of benzene rings is 2. The minimum atomic E-state index is -0.281. The first-order chi connectivity index (χ1) is 17.1. The van der Waals surface area contributed by atoms with Crippen molar-refractivity contribution in [1.29, 1.82) is 0 Å². The second kappa shape index (κ2) is 8.66. The quantitative estimate of drug-likeness (QED) is 0.375. The van der Waals surface area contributed by atoms with Crippen molar-refractivity contribution in [3.63, 3.8) is 0 Å². The van der Waals surface area contributed by atoms with Crippen molar-refractivity contribution in [2.24, 2.45) is 0 Å². The minimum Gasteiger partial charge on any atom is -0.350 e. The number of carbonyl (C=O) groups is 1. The SMILES string of the molecule is O=C(Cn1c2ccccc2c2ncn(Cc3nc(C4CC4)no3)c(=O)c21)NCc1ccccc1Cl. The number of rotatable bonds is 7. The van der Waals surface area contributed by atoms with Crippen molar-refractivity contribution in [3.8, 4) is 0 Å². The zero-order valence-corrected chi connectivity index (χ0v) is 19.4. The molecule has 0 unspecified atom stereocenters. The number of nitrogens with zero attached hydrogens (tertiary/aromatic N) is 5. The average Bonchev–Trinajstić information content (AvgIpc) is 3.53. The van der Waals surface area contributed by atoms with E-state index in [1.807, 2.05) is 42.5 Å². The summed E-state index contributed by atoms with van der Waals surface area (Å²) in [5.41, 5.74) is 2.19. The van der Waals surface area contributed by atoms with Gasteiger partial charge < -0.3 is 14.4 Å². The summed E-state index contributed by atoms with van der Waals surface area (Å²) in [6.07, 6.45) is 3.61. The van der Waals surface area contributed by atoms with Crippen molar-refractivity contribution >= 4 is 39.4 Å². The first-order valence-corrected chi connectivity index (χ1v) is 11.8. The molecule has 0 bridgehead atoms. The van der Waals surface area contributed by atoms with Gasteiger partial charge in [0.1, 0.15) is 24.1 Å². The minimum absolute atomic E-state index is 0.0399. The first kappa shape index (κ1) is 21.5. The molecule has 0 atom stereocenters. The molecule has 5 aromatic rings. The Balaban J connectivity index is 1.34. The monoisotopic (exact) mass is 488 g/mol. The second-order valence-electron chi connectivity index (χ2n) is 8.67. The van der Waals surface area contributed by atoms with E-state index >= 15 is 0 Å². The van der Waals surface area contributed by atoms with Crippen LogP contribution in [0.3, 0.4) is 0 Å². The third kappa shape index (κ3) is 4.08. The molecule has 3 aromatic heterocycles. The van der Waals surface area contributed by atoms with Gasteiger partial charge in [-0.1, -0.05) is 53.2 Å². The Labute approximate surface area is 204 Å². The van der Waals surface area contributed by atoms with Gasteiger partial charge in [-0.05, 0) is 30.5 Å². The molecule has 9 nitrogen and oxygen atoms in total. The zero-order chi connectivity index (χ0) is 23.9. The van der Waals surface area contributed by atoms with Crippen LogP contribution in [0.1, 0.15) is 36.0 Å². The Morgan fingerprint density at radius 2 is 1.94 bits per heavy atom. The zero-order valence-electron chi connectivity index (χ0n) is 18.6. The maximum absolute atomic E-state index is 13.5. The highest BCUT2D eigenvalue weighted by atomic mass is 35.5. The predicted octanol–water partition coefficient (Wildman–Crippen LogP) is 3.63. The number of para-hydroxylation sites is 1. The van der Waals surface area contributed by atoms with Gasteiger partial charge in [-0.3, -0.25) is 14.2 Å². The number of halogens is 1. The Morgan fingerprint density at radius 1 is 1.14 bits per heavy atom. The summed E-state index contributed by atoms with van der Waals surface area (Å²) in [6.45, 7) is 0.363. The van der Waals surface area contributed by atoms with Crippen LogP contribution in [0, 0.1) is 0 Å². The van der Waals surface area contributed by atoms with Gasteiger partial charge in [-0.25, -0.2) is 4.98 Å². The van der Waals surface area contributed by atoms with Gasteiger partial charge in [-0.2, -0.15) is 4.98 Å². The molecular weight excluding hydrogens is 468 g/mol. The van der Waals surface area contributed by atoms with Crippen molar-refractivity contribution in [3.05, 3.63) is 87.5 Å². The number of carbonyl (C=O) groups excluding carboxylic acids is 1. The summed E-state index contributed by atoms with van der Waals surface area (Å²) in [5.74, 6) is 1.16. The third-order valence-corrected chi connectivity index (χ3v) is 6.57. The molecule has 1 aliphatic rings. The maximum atomic E-state index is 13.5. The standard InChI is InChI=1S/C25H21ClN6O3/c26-18-7-3-1-5-16(18)11-27-20(33)12-32-19-8-4-2-6-17(19)22-23(32)25(34)31(14-28-22)13-21-29-24(30-35-21)15-9-10-15/h1-8,14-15H,9-13H2,(H,27,33). The van der Waals surface area contributed by atoms with E-state index in [-0.39, 0.29) is 24.6 Å². The van der Waals surface area contributed by atoms with Crippen molar-refractivity contribution < 1.29 is 9.32 Å². The summed E-state index contributed by atoms with van der Waals surface area (Å²) in [7, 11) is 0. The van der Waals surface area contributed by atoms with Gasteiger partial charge in [0, 0.05) is 22.9 Å². The topological polar surface area (TPSA) is 108 Å². The van der Waals surface area contributed by atoms with Gasteiger partial charge >= 0.3 is 0 Å². The highest BCUT2D eigenvalue weighted by Crippen LogP contribution is 2.38. The molecule has 0 spiro atoms. The van der Waals surface area contributed by atoms with Crippen LogP contribution in [0.2, 0.25) is 5.02 Å². The first-order valence-electron chi connectivity index (χ1n) is 11.4. The van der Waals surface area contributed by atoms with Crippen molar-refractivity contribution in [2.75, 3.05) is 0 Å². The number of fused-ring (bicyclic) bond motifs is 3. The maximum Gasteiger partial charge on any atom is 0.278 e. The van der Waals surface area contributed by atoms with Crippen LogP contribution in [-0.2, 0) is 24.4 Å². The van der Waals surface area contributed by atoms with Gasteiger partial charge in [0.15, 0.2) is 5.82 Å². The van der Waals surface area contributed by atoms with Crippen LogP contribution in [0.5, 0.6) is 0 Å². The molecular formula is C25H21ClN6O3. The van der Waals surface area contributed by atoms with Gasteiger partial charge in [-0.15, -0.1) is 0 Å². The molecule has 1 aliphatic carbocycles. The highest BCUT2D eigenvalue weighted by molar-refractivity contribution is 6.31. The summed E-state index contributed by atoms with van der Waals surface area (Å²) >= 11 is 6.21. The Kier molecular flexibility index (Phi) is 5.33. The smallest absolute Gasteiger partial charge is 0.278 e. The van der Waals surface area contributed by atoms with Crippen LogP contribution >= 0.6 is 11.6 Å². The van der Waals surface area contributed by atoms with E-state index in [1.54, 1.807) is 10.6 Å². The molecule has 0 radical (unpaired) electrons. The number of aromatic nitrogens is 5. The molecule has 1 N–H and O–H groups in total. The third-order valence-electron chi connectivity index (χ3n) is 6.20. The normalized spacial score (nSPS) is 13.5. The summed E-state index contributed by atoms with van der Waals surface area (Å²) in [4.78, 5) is 35.4. The molecule has 1 fully saturated rings. The lowest BCUT2D eigenvalue weighted by Crippen LogP contribution is -2.29. The molecule has 10 heteroatoms. The summed E-state index contributed by atoms with van der Waals surface area (Å²) in [5, 5.41) is 8.30. The highest BCUT2D eigenvalue weighted by Gasteiger charge is 2.29. The van der Waals surface area contributed by atoms with Crippen LogP contribution in [0.25, 0.3) is 21.9 Å². The molecule has 3 heterocycles. The van der Waals surface area contributed by atoms with Crippen LogP contribution < -0.4 is 10.9 Å². The second-order valence-corrected chi connectivity index (χ2v) is 9.07. The van der Waals surface area contributed by atoms with Crippen molar-refractivity contribution in [2.45, 2.75) is 38.4 Å². The molecule has 1 amide bonds. The Hall–Kier alpha value is -3.98. The van der Waals surface area contributed by atoms with Crippen molar-refractivity contribution in [1.82, 2.24) is 29.6 Å². The number of nitrogens with one attached hydrogen (secondary N) is 1. The predicted molar refractivity (Wildman–Crippen MR) is 130 cm³/mol. The van der Waals surface area contributed by atoms with E-state index in [4.69, 9.17) is 16.1 Å². The summed E-state index contributed by atoms with van der Waals surface area (Å²) < 4.78 is 8.49. The van der Waals surface area contributed by atoms with E-state index in [0.29, 0.717) is 40.2 Å². The molecule has 0 saturated heterocycles. The van der Waals surface area contributed by atoms with Crippen LogP contribution in [-0.4, -0.2) is 30.2 Å². The Morgan fingerprint density at radius 3 is 2.77 bits per heavy atom. The van der Waals surface area contributed by atoms with E-state index in [2.05, 4.69) is 20.4 Å². The fraction of sp³-hybridized carbons (Fsp3) is 0.240. The van der Waals surface area contributed by atoms with Gasteiger partial charge in [0.25, 0.3) is 5.56 Å². The van der Waals surface area contributed by atoms with E-state index in [0.717, 1.165) is 29.3 Å². The molecule has 176 valence electrons. The lowest BCUT2D eigenvalue weighted by Gasteiger charge is -2.10. The van der Waals surface area contributed by atoms with Gasteiger partial charge in [0.2, 0.25) is 11.8 Å². The Bertz CT molecular complexity index is 1630. The van der Waals surface area contributed by atoms with E-state index in [1.165, 1.54) is 10.9 Å². The molecule has 0 aliphatic heterocycles. The molecule has 6 rings (SSSR count). The van der Waals surface area contributed by atoms with Crippen LogP contribution in [0.15, 0.2) is 64.2 Å². The van der Waals surface area contributed by atoms with E-state index in [9.17, 15) is 9.59 Å². The lowest BCUT2D eigenvalue weighted by atomic mass is 10.2. The number of hydrogen-bond acceptors (Lipinski definition) is 6. The largest absolute Gasteiger partial charge is 0.350 e. The number of hydrogen-bond donors (Lipinski definition) is 1. The lowest BCUT2D eigenvalue weighted by molar-refractivity contribution is -0.121. The fourth-order valence-electron chi connectivity index (χ4n) is 4.25. The molecule has 35 heavy (non-hydrogen) atoms. The number of amides is 1. The fourth-order valence-corrected chi connectivity index (χ4v) is 4.45. The van der Waals surface area contributed by atoms with Crippen LogP contribution in [0.4, 0.5) is 0 Å². The van der Waals surface area contributed by atoms with E-state index < -0.39 is 0 Å². The molecule has 2 aromatic carbocycles. The summed E-state index contributed by atoms with van der Waals surface area (Å²) in [6, 6.07) is 14.9. The van der Waals surface area contributed by atoms with Gasteiger partial charge in [0.05, 0.1) is 11.8 Å². The average molecular weight is 489 g/mol.